The lowest BCUT2D eigenvalue weighted by Crippen LogP contribution is -2.11. The van der Waals surface area contributed by atoms with Gasteiger partial charge in [0.25, 0.3) is 0 Å². The molecule has 0 aliphatic rings. The maximum atomic E-state index is 12.0. The van der Waals surface area contributed by atoms with Gasteiger partial charge in [0, 0.05) is 23.0 Å². The first-order valence-electron chi connectivity index (χ1n) is 6.90. The first-order chi connectivity index (χ1) is 9.38. The van der Waals surface area contributed by atoms with Gasteiger partial charge in [0.05, 0.1) is 6.61 Å². The van der Waals surface area contributed by atoms with E-state index in [1.165, 1.54) is 5.56 Å². The molecule has 4 nitrogen and oxygen atoms in total. The summed E-state index contributed by atoms with van der Waals surface area (Å²) in [5.74, 6) is -0.346. The van der Waals surface area contributed by atoms with Crippen LogP contribution in [0.4, 0.5) is 0 Å². The molecule has 0 amide bonds. The van der Waals surface area contributed by atoms with Gasteiger partial charge < -0.3 is 15.5 Å². The van der Waals surface area contributed by atoms with Gasteiger partial charge in [0.1, 0.15) is 5.69 Å². The summed E-state index contributed by atoms with van der Waals surface area (Å²) >= 11 is 0. The molecule has 2 aromatic rings. The fourth-order valence-corrected chi connectivity index (χ4v) is 2.30. The van der Waals surface area contributed by atoms with Gasteiger partial charge in [-0.15, -0.1) is 0 Å². The number of hydrogen-bond donors (Lipinski definition) is 2. The Morgan fingerprint density at radius 1 is 1.35 bits per heavy atom. The minimum absolute atomic E-state index is 0.0570. The van der Waals surface area contributed by atoms with Crippen molar-refractivity contribution in [2.24, 2.45) is 5.73 Å². The number of ether oxygens (including phenoxy) is 1. The molecule has 0 aliphatic carbocycles. The van der Waals surface area contributed by atoms with Crippen molar-refractivity contribution in [3.05, 3.63) is 35.0 Å². The van der Waals surface area contributed by atoms with Crippen molar-refractivity contribution >= 4 is 16.9 Å². The number of aromatic amines is 1. The number of fused-ring (bicyclic) bond motifs is 1. The number of carbonyl (C=O) groups excluding carboxylic acids is 1. The SMILES string of the molecule is CCOC(=O)c1[nH]c2ccc(C(C)(C)C)cc2c1CN. The zero-order valence-corrected chi connectivity index (χ0v) is 12.5. The van der Waals surface area contributed by atoms with Gasteiger partial charge in [-0.3, -0.25) is 0 Å². The summed E-state index contributed by atoms with van der Waals surface area (Å²) in [5.41, 5.74) is 9.31. The lowest BCUT2D eigenvalue weighted by molar-refractivity contribution is 0.0519. The van der Waals surface area contributed by atoms with Crippen LogP contribution in [-0.2, 0) is 16.7 Å². The maximum Gasteiger partial charge on any atom is 0.355 e. The van der Waals surface area contributed by atoms with Crippen molar-refractivity contribution in [1.29, 1.82) is 0 Å². The highest BCUT2D eigenvalue weighted by molar-refractivity contribution is 5.98. The summed E-state index contributed by atoms with van der Waals surface area (Å²) in [6.45, 7) is 8.94. The molecule has 0 aliphatic heterocycles. The van der Waals surface area contributed by atoms with Crippen molar-refractivity contribution < 1.29 is 9.53 Å². The van der Waals surface area contributed by atoms with Crippen LogP contribution in [0.25, 0.3) is 10.9 Å². The smallest absolute Gasteiger partial charge is 0.355 e. The molecular weight excluding hydrogens is 252 g/mol. The highest BCUT2D eigenvalue weighted by Gasteiger charge is 2.20. The van der Waals surface area contributed by atoms with Crippen LogP contribution >= 0.6 is 0 Å². The molecule has 108 valence electrons. The van der Waals surface area contributed by atoms with Crippen molar-refractivity contribution in [3.8, 4) is 0 Å². The molecule has 0 unspecified atom stereocenters. The molecule has 0 bridgehead atoms. The highest BCUT2D eigenvalue weighted by atomic mass is 16.5. The van der Waals surface area contributed by atoms with Crippen LogP contribution in [0.3, 0.4) is 0 Å². The minimum atomic E-state index is -0.346. The van der Waals surface area contributed by atoms with Gasteiger partial charge in [-0.05, 0) is 30.0 Å². The van der Waals surface area contributed by atoms with Gasteiger partial charge in [-0.1, -0.05) is 26.8 Å². The van der Waals surface area contributed by atoms with Crippen LogP contribution in [0.5, 0.6) is 0 Å². The van der Waals surface area contributed by atoms with Crippen LogP contribution in [0.2, 0.25) is 0 Å². The van der Waals surface area contributed by atoms with E-state index in [9.17, 15) is 4.79 Å². The molecule has 0 fully saturated rings. The molecule has 0 saturated heterocycles. The van der Waals surface area contributed by atoms with Crippen molar-refractivity contribution in [3.63, 3.8) is 0 Å². The van der Waals surface area contributed by atoms with E-state index in [-0.39, 0.29) is 11.4 Å². The molecule has 1 aromatic carbocycles. The van der Waals surface area contributed by atoms with E-state index < -0.39 is 0 Å². The molecule has 1 heterocycles. The summed E-state index contributed by atoms with van der Waals surface area (Å²) in [5, 5.41) is 1.00. The van der Waals surface area contributed by atoms with Crippen LogP contribution in [0, 0.1) is 0 Å². The predicted molar refractivity (Wildman–Crippen MR) is 80.8 cm³/mol. The second kappa shape index (κ2) is 5.29. The van der Waals surface area contributed by atoms with Crippen molar-refractivity contribution in [2.45, 2.75) is 39.7 Å². The number of nitrogens with one attached hydrogen (secondary N) is 1. The van der Waals surface area contributed by atoms with Gasteiger partial charge in [-0.2, -0.15) is 0 Å². The van der Waals surface area contributed by atoms with Crippen LogP contribution < -0.4 is 5.73 Å². The number of carbonyl (C=O) groups is 1. The first kappa shape index (κ1) is 14.6. The van der Waals surface area contributed by atoms with Crippen molar-refractivity contribution in [2.75, 3.05) is 6.61 Å². The van der Waals surface area contributed by atoms with E-state index in [2.05, 4.69) is 37.9 Å². The summed E-state index contributed by atoms with van der Waals surface area (Å²) in [7, 11) is 0. The second-order valence-electron chi connectivity index (χ2n) is 5.91. The van der Waals surface area contributed by atoms with Gasteiger partial charge in [0.15, 0.2) is 0 Å². The van der Waals surface area contributed by atoms with Crippen molar-refractivity contribution in [1.82, 2.24) is 4.98 Å². The van der Waals surface area contributed by atoms with Crippen LogP contribution in [0.15, 0.2) is 18.2 Å². The molecule has 0 saturated carbocycles. The Morgan fingerprint density at radius 2 is 2.05 bits per heavy atom. The quantitative estimate of drug-likeness (QED) is 0.845. The number of nitrogens with two attached hydrogens (primary N) is 1. The molecule has 0 radical (unpaired) electrons. The summed E-state index contributed by atoms with van der Waals surface area (Å²) in [6, 6.07) is 6.18. The summed E-state index contributed by atoms with van der Waals surface area (Å²) in [6.07, 6.45) is 0. The second-order valence-corrected chi connectivity index (χ2v) is 5.91. The van der Waals surface area contributed by atoms with E-state index >= 15 is 0 Å². The fourth-order valence-electron chi connectivity index (χ4n) is 2.30. The Hall–Kier alpha value is -1.81. The molecular formula is C16H22N2O2. The molecule has 4 heteroatoms. The third-order valence-electron chi connectivity index (χ3n) is 3.46. The third-order valence-corrected chi connectivity index (χ3v) is 3.46. The Morgan fingerprint density at radius 3 is 2.60 bits per heavy atom. The Bertz CT molecular complexity index is 636. The topological polar surface area (TPSA) is 68.1 Å². The van der Waals surface area contributed by atoms with Gasteiger partial charge >= 0.3 is 5.97 Å². The third kappa shape index (κ3) is 2.56. The lowest BCUT2D eigenvalue weighted by Gasteiger charge is -2.19. The van der Waals surface area contributed by atoms with Crippen LogP contribution in [-0.4, -0.2) is 17.6 Å². The monoisotopic (exact) mass is 274 g/mol. The van der Waals surface area contributed by atoms with Gasteiger partial charge in [0.2, 0.25) is 0 Å². The number of aromatic nitrogens is 1. The summed E-state index contributed by atoms with van der Waals surface area (Å²) in [4.78, 5) is 15.1. The number of hydrogen-bond acceptors (Lipinski definition) is 3. The van der Waals surface area contributed by atoms with E-state index in [4.69, 9.17) is 10.5 Å². The number of rotatable bonds is 3. The van der Waals surface area contributed by atoms with Gasteiger partial charge in [-0.25, -0.2) is 4.79 Å². The number of benzene rings is 1. The summed E-state index contributed by atoms with van der Waals surface area (Å²) < 4.78 is 5.07. The van der Waals surface area contributed by atoms with Crippen LogP contribution in [0.1, 0.15) is 49.3 Å². The average molecular weight is 274 g/mol. The first-order valence-corrected chi connectivity index (χ1v) is 6.90. The Labute approximate surface area is 119 Å². The average Bonchev–Trinajstić information content (AvgIpc) is 2.75. The molecule has 2 rings (SSSR count). The van der Waals surface area contributed by atoms with E-state index in [1.54, 1.807) is 6.92 Å². The standard InChI is InChI=1S/C16H22N2O2/c1-5-20-15(19)14-12(9-17)11-8-10(16(2,3)4)6-7-13(11)18-14/h6-8,18H,5,9,17H2,1-4H3. The minimum Gasteiger partial charge on any atom is -0.461 e. The Balaban J connectivity index is 2.61. The number of H-pyrrole nitrogens is 1. The number of esters is 1. The lowest BCUT2D eigenvalue weighted by atomic mass is 9.86. The predicted octanol–water partition coefficient (Wildman–Crippen LogP) is 3.10. The Kier molecular flexibility index (Phi) is 3.86. The molecule has 0 atom stereocenters. The van der Waals surface area contributed by atoms with E-state index in [1.807, 2.05) is 6.07 Å². The largest absolute Gasteiger partial charge is 0.461 e. The normalized spacial score (nSPS) is 11.8. The molecule has 0 spiro atoms. The molecule has 20 heavy (non-hydrogen) atoms. The zero-order valence-electron chi connectivity index (χ0n) is 12.5. The molecule has 3 N–H and O–H groups in total. The zero-order chi connectivity index (χ0) is 14.9. The highest BCUT2D eigenvalue weighted by Crippen LogP contribution is 2.29. The van der Waals surface area contributed by atoms with E-state index in [0.29, 0.717) is 18.8 Å². The maximum absolute atomic E-state index is 12.0. The van der Waals surface area contributed by atoms with E-state index in [0.717, 1.165) is 16.5 Å². The fraction of sp³-hybridized carbons (Fsp3) is 0.438. The molecule has 1 aromatic heterocycles.